The van der Waals surface area contributed by atoms with Gasteiger partial charge >= 0.3 is 12.1 Å². The molecule has 2 aromatic heterocycles. The van der Waals surface area contributed by atoms with E-state index in [1.54, 1.807) is 0 Å². The molecule has 1 saturated heterocycles. The molecule has 0 atom stereocenters. The Balaban J connectivity index is 0.000000451. The van der Waals surface area contributed by atoms with Crippen LogP contribution in [0.5, 0.6) is 0 Å². The number of rotatable bonds is 6. The summed E-state index contributed by atoms with van der Waals surface area (Å²) in [6.07, 6.45) is 1.57. The third-order valence-corrected chi connectivity index (χ3v) is 8.96. The third kappa shape index (κ3) is 6.90. The van der Waals surface area contributed by atoms with E-state index in [-0.39, 0.29) is 5.91 Å². The van der Waals surface area contributed by atoms with Gasteiger partial charge in [0.15, 0.2) is 5.13 Å². The average Bonchev–Trinajstić information content (AvgIpc) is 3.57. The van der Waals surface area contributed by atoms with Crippen molar-refractivity contribution in [1.29, 1.82) is 0 Å². The highest BCUT2D eigenvalue weighted by molar-refractivity contribution is 7.19. The van der Waals surface area contributed by atoms with Gasteiger partial charge in [-0.3, -0.25) is 4.79 Å². The summed E-state index contributed by atoms with van der Waals surface area (Å²) in [6.45, 7) is 4.83. The van der Waals surface area contributed by atoms with Gasteiger partial charge in [-0.2, -0.15) is 18.3 Å². The number of aromatic nitrogens is 3. The number of nitrogens with one attached hydrogen (secondary N) is 2. The Morgan fingerprint density at radius 2 is 1.86 bits per heavy atom. The van der Waals surface area contributed by atoms with Crippen LogP contribution in [0, 0.1) is 5.92 Å². The van der Waals surface area contributed by atoms with Crippen molar-refractivity contribution in [3.8, 4) is 16.3 Å². The van der Waals surface area contributed by atoms with Crippen molar-refractivity contribution in [1.82, 2.24) is 19.7 Å². The summed E-state index contributed by atoms with van der Waals surface area (Å²) in [4.78, 5) is 28.7. The molecule has 3 N–H and O–H groups in total. The highest BCUT2D eigenvalue weighted by Gasteiger charge is 2.38. The Morgan fingerprint density at radius 1 is 1.17 bits per heavy atom. The summed E-state index contributed by atoms with van der Waals surface area (Å²) in [5, 5.41) is 20.0. The Hall–Kier alpha value is -3.16. The molecule has 2 aliphatic carbocycles. The van der Waals surface area contributed by atoms with Crippen molar-refractivity contribution in [2.45, 2.75) is 57.5 Å². The Bertz CT molecular complexity index is 1480. The van der Waals surface area contributed by atoms with Gasteiger partial charge in [0.2, 0.25) is 5.91 Å². The first-order valence-electron chi connectivity index (χ1n) is 13.8. The number of carboxylic acid groups (broad SMARTS) is 1. The van der Waals surface area contributed by atoms with Gasteiger partial charge in [-0.1, -0.05) is 22.9 Å². The minimum atomic E-state index is -5.08. The van der Waals surface area contributed by atoms with E-state index in [2.05, 4.69) is 34.7 Å². The molecule has 14 heteroatoms. The fourth-order valence-corrected chi connectivity index (χ4v) is 6.65. The van der Waals surface area contributed by atoms with Crippen LogP contribution in [0.2, 0.25) is 5.02 Å². The van der Waals surface area contributed by atoms with Gasteiger partial charge in [-0.15, -0.1) is 0 Å². The first-order chi connectivity index (χ1) is 19.9. The number of benzene rings is 1. The van der Waals surface area contributed by atoms with E-state index in [1.807, 2.05) is 10.7 Å². The number of hydrogen-bond donors (Lipinski definition) is 3. The minimum Gasteiger partial charge on any atom is -0.475 e. The lowest BCUT2D eigenvalue weighted by Gasteiger charge is -2.29. The lowest BCUT2D eigenvalue weighted by Crippen LogP contribution is -2.32. The van der Waals surface area contributed by atoms with Crippen molar-refractivity contribution < 1.29 is 27.9 Å². The zero-order valence-electron chi connectivity index (χ0n) is 23.2. The zero-order chi connectivity index (χ0) is 30.2. The van der Waals surface area contributed by atoms with Crippen LogP contribution in [0.1, 0.15) is 55.5 Å². The second kappa shape index (κ2) is 12.2. The predicted octanol–water partition coefficient (Wildman–Crippen LogP) is 5.97. The average molecular weight is 625 g/mol. The normalized spacial score (nSPS) is 17.1. The fraction of sp³-hybridized carbons (Fsp3) is 0.500. The highest BCUT2D eigenvalue weighted by Crippen LogP contribution is 2.48. The number of carbonyl (C=O) groups excluding carboxylic acids is 1. The molecule has 2 fully saturated rings. The van der Waals surface area contributed by atoms with Crippen LogP contribution in [0.3, 0.4) is 0 Å². The van der Waals surface area contributed by atoms with Gasteiger partial charge < -0.3 is 20.6 Å². The van der Waals surface area contributed by atoms with Gasteiger partial charge in [-0.05, 0) is 82.8 Å². The molecular formula is C28H32ClF3N6O3S. The number of alkyl halides is 3. The van der Waals surface area contributed by atoms with Crippen molar-refractivity contribution >= 4 is 45.6 Å². The molecule has 1 aliphatic heterocycles. The standard InChI is InChI=1S/C26H31ClN6OS.C2HF3O2/c1-15(34)29-26-30-21-7-6-19-23(17-3-4-17)31-33(24(19)25(21)35-26)22-8-5-18(13-20(22)27)28-14-16-9-11-32(2)12-10-16;3-2(4,5)1(6)7/h5,8,13,16-17,28H,3-4,6-7,9-12,14H2,1-2H3,(H,29,30,34);(H,6,7). The second-order valence-corrected chi connectivity index (χ2v) is 12.4. The molecule has 0 radical (unpaired) electrons. The monoisotopic (exact) mass is 624 g/mol. The van der Waals surface area contributed by atoms with Crippen molar-refractivity contribution in [3.63, 3.8) is 0 Å². The maximum atomic E-state index is 11.6. The first kappa shape index (κ1) is 30.3. The van der Waals surface area contributed by atoms with Gasteiger partial charge in [0, 0.05) is 30.6 Å². The number of aliphatic carboxylic acids is 1. The SMILES string of the molecule is CC(=O)Nc1nc2c(s1)-c1c(c(C3CC3)nn1-c1ccc(NCC3CCN(C)CC3)cc1Cl)CC2.O=C(O)C(F)(F)F. The smallest absolute Gasteiger partial charge is 0.475 e. The molecule has 3 heterocycles. The number of aryl methyl sites for hydroxylation is 1. The Labute approximate surface area is 250 Å². The lowest BCUT2D eigenvalue weighted by molar-refractivity contribution is -0.192. The Morgan fingerprint density at radius 3 is 2.45 bits per heavy atom. The highest BCUT2D eigenvalue weighted by atomic mass is 35.5. The number of thiazole rings is 1. The number of hydrogen-bond acceptors (Lipinski definition) is 7. The zero-order valence-corrected chi connectivity index (χ0v) is 24.8. The molecule has 226 valence electrons. The van der Waals surface area contributed by atoms with Gasteiger partial charge in [0.1, 0.15) is 0 Å². The number of carboxylic acids is 1. The van der Waals surface area contributed by atoms with Crippen LogP contribution in [0.4, 0.5) is 24.0 Å². The second-order valence-electron chi connectivity index (χ2n) is 11.0. The largest absolute Gasteiger partial charge is 0.490 e. The maximum Gasteiger partial charge on any atom is 0.490 e. The van der Waals surface area contributed by atoms with E-state index in [4.69, 9.17) is 31.6 Å². The summed E-state index contributed by atoms with van der Waals surface area (Å²) < 4.78 is 33.8. The van der Waals surface area contributed by atoms with Gasteiger partial charge in [-0.25, -0.2) is 14.5 Å². The molecule has 9 nitrogen and oxygen atoms in total. The van der Waals surface area contributed by atoms with E-state index >= 15 is 0 Å². The molecule has 6 rings (SSSR count). The summed E-state index contributed by atoms with van der Waals surface area (Å²) in [5.41, 5.74) is 6.59. The van der Waals surface area contributed by atoms with Crippen LogP contribution < -0.4 is 10.6 Å². The number of anilines is 2. The van der Waals surface area contributed by atoms with Crippen LogP contribution in [0.15, 0.2) is 18.2 Å². The number of piperidine rings is 1. The first-order valence-corrected chi connectivity index (χ1v) is 15.0. The van der Waals surface area contributed by atoms with E-state index in [0.29, 0.717) is 22.0 Å². The molecule has 1 saturated carbocycles. The van der Waals surface area contributed by atoms with Crippen LogP contribution in [0.25, 0.3) is 16.3 Å². The van der Waals surface area contributed by atoms with Crippen LogP contribution >= 0.6 is 22.9 Å². The van der Waals surface area contributed by atoms with Crippen molar-refractivity contribution in [3.05, 3.63) is 40.2 Å². The maximum absolute atomic E-state index is 11.6. The quantitative estimate of drug-likeness (QED) is 0.310. The summed E-state index contributed by atoms with van der Waals surface area (Å²) >= 11 is 8.41. The molecule has 42 heavy (non-hydrogen) atoms. The molecule has 3 aromatic rings. The molecule has 3 aliphatic rings. The van der Waals surface area contributed by atoms with E-state index in [0.717, 1.165) is 47.0 Å². The number of carbonyl (C=O) groups is 2. The van der Waals surface area contributed by atoms with Crippen LogP contribution in [-0.2, 0) is 22.4 Å². The molecule has 0 unspecified atom stereocenters. The number of nitrogens with zero attached hydrogens (tertiary/aromatic N) is 4. The van der Waals surface area contributed by atoms with E-state index < -0.39 is 12.1 Å². The number of halogens is 4. The van der Waals surface area contributed by atoms with E-state index in [1.165, 1.54) is 68.3 Å². The molecule has 1 amide bonds. The molecule has 0 spiro atoms. The summed E-state index contributed by atoms with van der Waals surface area (Å²) in [5.74, 6) is -1.61. The molecular weight excluding hydrogens is 593 g/mol. The number of amides is 1. The molecule has 1 aromatic carbocycles. The predicted molar refractivity (Wildman–Crippen MR) is 156 cm³/mol. The Kier molecular flexibility index (Phi) is 8.81. The summed E-state index contributed by atoms with van der Waals surface area (Å²) in [6, 6.07) is 6.21. The lowest BCUT2D eigenvalue weighted by atomic mass is 9.96. The van der Waals surface area contributed by atoms with Crippen molar-refractivity contribution in [2.24, 2.45) is 5.92 Å². The third-order valence-electron chi connectivity index (χ3n) is 7.64. The van der Waals surface area contributed by atoms with Gasteiger partial charge in [0.25, 0.3) is 0 Å². The fourth-order valence-electron chi connectivity index (χ4n) is 5.28. The topological polar surface area (TPSA) is 112 Å². The molecule has 0 bridgehead atoms. The summed E-state index contributed by atoms with van der Waals surface area (Å²) in [7, 11) is 2.20. The number of likely N-dealkylation sites (tertiary alicyclic amines) is 1. The van der Waals surface area contributed by atoms with Crippen molar-refractivity contribution in [2.75, 3.05) is 37.3 Å². The van der Waals surface area contributed by atoms with E-state index in [9.17, 15) is 18.0 Å². The minimum absolute atomic E-state index is 0.102. The van der Waals surface area contributed by atoms with Crippen LogP contribution in [-0.4, -0.2) is 69.5 Å². The number of fused-ring (bicyclic) bond motifs is 3. The van der Waals surface area contributed by atoms with Gasteiger partial charge in [0.05, 0.1) is 32.7 Å².